The lowest BCUT2D eigenvalue weighted by Gasteiger charge is -2.32. The van der Waals surface area contributed by atoms with Crippen molar-refractivity contribution in [2.75, 3.05) is 38.1 Å². The number of likely N-dealkylation sites (N-methyl/N-ethyl adjacent to an activating group) is 1. The number of aryl methyl sites for hydroxylation is 2. The lowest BCUT2D eigenvalue weighted by Crippen LogP contribution is -2.44. The van der Waals surface area contributed by atoms with Crippen LogP contribution in [-0.2, 0) is 7.05 Å². The average molecular weight is 245 g/mol. The highest BCUT2D eigenvalue weighted by atomic mass is 15.4. The summed E-state index contributed by atoms with van der Waals surface area (Å²) in [6.45, 7) is 6.25. The molecule has 0 radical (unpaired) electrons. The van der Waals surface area contributed by atoms with Gasteiger partial charge in [0.1, 0.15) is 5.52 Å². The maximum absolute atomic E-state index is 4.65. The standard InChI is InChI=1S/C13H19N5/c1-10-4-5-11-12(14-10)13(15-17(11)3)18-8-6-16(2)7-9-18/h4-5H,6-9H2,1-3H3. The fraction of sp³-hybridized carbons (Fsp3) is 0.538. The van der Waals surface area contributed by atoms with E-state index >= 15 is 0 Å². The molecule has 0 aliphatic carbocycles. The van der Waals surface area contributed by atoms with E-state index in [0.29, 0.717) is 0 Å². The fourth-order valence-corrected chi connectivity index (χ4v) is 2.45. The lowest BCUT2D eigenvalue weighted by atomic mass is 10.3. The molecule has 0 bridgehead atoms. The van der Waals surface area contributed by atoms with Crippen LogP contribution in [0.1, 0.15) is 5.69 Å². The van der Waals surface area contributed by atoms with Gasteiger partial charge in [0.25, 0.3) is 0 Å². The molecule has 0 N–H and O–H groups in total. The van der Waals surface area contributed by atoms with E-state index in [4.69, 9.17) is 0 Å². The van der Waals surface area contributed by atoms with Gasteiger partial charge in [-0.3, -0.25) is 4.68 Å². The van der Waals surface area contributed by atoms with Crippen molar-refractivity contribution in [3.05, 3.63) is 17.8 Å². The van der Waals surface area contributed by atoms with Crippen LogP contribution in [0.2, 0.25) is 0 Å². The molecule has 1 fully saturated rings. The first-order valence-electron chi connectivity index (χ1n) is 6.39. The van der Waals surface area contributed by atoms with Gasteiger partial charge in [0.2, 0.25) is 0 Å². The van der Waals surface area contributed by atoms with Gasteiger partial charge in [-0.15, -0.1) is 0 Å². The minimum Gasteiger partial charge on any atom is -0.351 e. The van der Waals surface area contributed by atoms with Crippen LogP contribution in [0.5, 0.6) is 0 Å². The molecule has 1 aliphatic rings. The second-order valence-electron chi connectivity index (χ2n) is 5.06. The van der Waals surface area contributed by atoms with Crippen molar-refractivity contribution in [1.29, 1.82) is 0 Å². The van der Waals surface area contributed by atoms with Gasteiger partial charge >= 0.3 is 0 Å². The zero-order valence-electron chi connectivity index (χ0n) is 11.2. The van der Waals surface area contributed by atoms with Crippen LogP contribution < -0.4 is 4.90 Å². The highest BCUT2D eigenvalue weighted by Crippen LogP contribution is 2.24. The molecule has 2 aromatic heterocycles. The van der Waals surface area contributed by atoms with Crippen molar-refractivity contribution in [3.8, 4) is 0 Å². The topological polar surface area (TPSA) is 37.2 Å². The van der Waals surface area contributed by atoms with Gasteiger partial charge in [0.05, 0.1) is 5.52 Å². The number of fused-ring (bicyclic) bond motifs is 1. The Morgan fingerprint density at radius 2 is 1.78 bits per heavy atom. The summed E-state index contributed by atoms with van der Waals surface area (Å²) >= 11 is 0. The molecule has 96 valence electrons. The summed E-state index contributed by atoms with van der Waals surface area (Å²) in [6.07, 6.45) is 0. The minimum atomic E-state index is 1.03. The first kappa shape index (κ1) is 11.5. The Morgan fingerprint density at radius 3 is 2.50 bits per heavy atom. The van der Waals surface area contributed by atoms with E-state index in [9.17, 15) is 0 Å². The first-order chi connectivity index (χ1) is 8.65. The predicted octanol–water partition coefficient (Wildman–Crippen LogP) is 1.03. The molecule has 2 aromatic rings. The zero-order valence-corrected chi connectivity index (χ0v) is 11.2. The summed E-state index contributed by atoms with van der Waals surface area (Å²) in [5.74, 6) is 1.03. The molecule has 0 spiro atoms. The van der Waals surface area contributed by atoms with Gasteiger partial charge in [-0.1, -0.05) is 0 Å². The fourth-order valence-electron chi connectivity index (χ4n) is 2.45. The SMILES string of the molecule is Cc1ccc2c(n1)c(N1CCN(C)CC1)nn2C. The first-order valence-corrected chi connectivity index (χ1v) is 6.39. The van der Waals surface area contributed by atoms with Gasteiger partial charge in [0.15, 0.2) is 5.82 Å². The van der Waals surface area contributed by atoms with Crippen molar-refractivity contribution in [3.63, 3.8) is 0 Å². The van der Waals surface area contributed by atoms with Gasteiger partial charge < -0.3 is 9.80 Å². The summed E-state index contributed by atoms with van der Waals surface area (Å²) in [5.41, 5.74) is 3.18. The molecule has 0 atom stereocenters. The summed E-state index contributed by atoms with van der Waals surface area (Å²) in [6, 6.07) is 4.14. The van der Waals surface area contributed by atoms with E-state index in [1.165, 1.54) is 0 Å². The molecule has 0 amide bonds. The number of piperazine rings is 1. The van der Waals surface area contributed by atoms with E-state index in [1.54, 1.807) is 0 Å². The van der Waals surface area contributed by atoms with E-state index in [1.807, 2.05) is 24.7 Å². The monoisotopic (exact) mass is 245 g/mol. The molecular formula is C13H19N5. The Morgan fingerprint density at radius 1 is 1.06 bits per heavy atom. The van der Waals surface area contributed by atoms with E-state index in [0.717, 1.165) is 48.7 Å². The molecule has 3 heterocycles. The molecular weight excluding hydrogens is 226 g/mol. The van der Waals surface area contributed by atoms with Gasteiger partial charge in [0, 0.05) is 38.9 Å². The zero-order chi connectivity index (χ0) is 12.7. The highest BCUT2D eigenvalue weighted by molar-refractivity contribution is 5.87. The number of hydrogen-bond donors (Lipinski definition) is 0. The smallest absolute Gasteiger partial charge is 0.177 e. The maximum atomic E-state index is 4.65. The number of pyridine rings is 1. The quantitative estimate of drug-likeness (QED) is 0.752. The van der Waals surface area contributed by atoms with E-state index in [-0.39, 0.29) is 0 Å². The van der Waals surface area contributed by atoms with Crippen molar-refractivity contribution < 1.29 is 0 Å². The Hall–Kier alpha value is -1.62. The Bertz CT molecular complexity index is 566. The van der Waals surface area contributed by atoms with Crippen LogP contribution >= 0.6 is 0 Å². The number of aromatic nitrogens is 3. The van der Waals surface area contributed by atoms with Crippen LogP contribution in [0, 0.1) is 6.92 Å². The molecule has 0 saturated carbocycles. The second-order valence-corrected chi connectivity index (χ2v) is 5.06. The molecule has 0 unspecified atom stereocenters. The maximum Gasteiger partial charge on any atom is 0.177 e. The highest BCUT2D eigenvalue weighted by Gasteiger charge is 2.20. The minimum absolute atomic E-state index is 1.03. The van der Waals surface area contributed by atoms with Crippen LogP contribution in [0.15, 0.2) is 12.1 Å². The molecule has 18 heavy (non-hydrogen) atoms. The summed E-state index contributed by atoms with van der Waals surface area (Å²) < 4.78 is 1.93. The van der Waals surface area contributed by atoms with Gasteiger partial charge in [-0.25, -0.2) is 4.98 Å². The van der Waals surface area contributed by atoms with Crippen molar-refractivity contribution in [1.82, 2.24) is 19.7 Å². The van der Waals surface area contributed by atoms with Crippen molar-refractivity contribution in [2.24, 2.45) is 7.05 Å². The molecule has 1 aliphatic heterocycles. The molecule has 0 aromatic carbocycles. The summed E-state index contributed by atoms with van der Waals surface area (Å²) in [7, 11) is 4.15. The van der Waals surface area contributed by atoms with Crippen LogP contribution in [0.25, 0.3) is 11.0 Å². The summed E-state index contributed by atoms with van der Waals surface area (Å²) in [5, 5.41) is 4.64. The molecule has 3 rings (SSSR count). The number of hydrogen-bond acceptors (Lipinski definition) is 4. The second kappa shape index (κ2) is 4.24. The summed E-state index contributed by atoms with van der Waals surface area (Å²) in [4.78, 5) is 9.34. The van der Waals surface area contributed by atoms with Gasteiger partial charge in [-0.2, -0.15) is 5.10 Å². The Kier molecular flexibility index (Phi) is 2.70. The van der Waals surface area contributed by atoms with Crippen LogP contribution in [0.3, 0.4) is 0 Å². The predicted molar refractivity (Wildman–Crippen MR) is 73.0 cm³/mol. The number of rotatable bonds is 1. The van der Waals surface area contributed by atoms with Crippen molar-refractivity contribution in [2.45, 2.75) is 6.92 Å². The van der Waals surface area contributed by atoms with E-state index in [2.05, 4.69) is 33.0 Å². The largest absolute Gasteiger partial charge is 0.351 e. The van der Waals surface area contributed by atoms with E-state index < -0.39 is 0 Å². The number of anilines is 1. The molecule has 5 nitrogen and oxygen atoms in total. The van der Waals surface area contributed by atoms with Gasteiger partial charge in [-0.05, 0) is 26.1 Å². The Balaban J connectivity index is 2.03. The average Bonchev–Trinajstić information content (AvgIpc) is 2.67. The molecule has 1 saturated heterocycles. The third-order valence-corrected chi connectivity index (χ3v) is 3.62. The van der Waals surface area contributed by atoms with Crippen LogP contribution in [-0.4, -0.2) is 52.9 Å². The normalized spacial score (nSPS) is 17.6. The molecule has 5 heteroatoms. The third kappa shape index (κ3) is 1.84. The third-order valence-electron chi connectivity index (χ3n) is 3.62. The van der Waals surface area contributed by atoms with Crippen LogP contribution in [0.4, 0.5) is 5.82 Å². The Labute approximate surface area is 107 Å². The van der Waals surface area contributed by atoms with Crippen molar-refractivity contribution >= 4 is 16.9 Å². The number of nitrogens with zero attached hydrogens (tertiary/aromatic N) is 5. The lowest BCUT2D eigenvalue weighted by molar-refractivity contribution is 0.312.